The Labute approximate surface area is 118 Å². The summed E-state index contributed by atoms with van der Waals surface area (Å²) in [6, 6.07) is 3.98. The van der Waals surface area contributed by atoms with Gasteiger partial charge in [0.15, 0.2) is 0 Å². The van der Waals surface area contributed by atoms with E-state index in [0.717, 1.165) is 9.87 Å². The number of hydrogen-bond acceptors (Lipinski definition) is 4. The van der Waals surface area contributed by atoms with E-state index in [1.165, 1.54) is 0 Å². The summed E-state index contributed by atoms with van der Waals surface area (Å²) in [6.07, 6.45) is 0. The van der Waals surface area contributed by atoms with E-state index in [-0.39, 0.29) is 18.0 Å². The predicted molar refractivity (Wildman–Crippen MR) is 74.1 cm³/mol. The molecule has 0 aliphatic carbocycles. The van der Waals surface area contributed by atoms with Gasteiger partial charge in [-0.2, -0.15) is 4.31 Å². The largest absolute Gasteiger partial charge is 0.480 e. The highest BCUT2D eigenvalue weighted by Crippen LogP contribution is 2.23. The number of aryl methyl sites for hydroxylation is 2. The van der Waals surface area contributed by atoms with Crippen molar-refractivity contribution in [3.63, 3.8) is 0 Å². The lowest BCUT2D eigenvalue weighted by Gasteiger charge is -2.32. The van der Waals surface area contributed by atoms with Crippen molar-refractivity contribution < 1.29 is 18.3 Å². The van der Waals surface area contributed by atoms with Gasteiger partial charge in [-0.1, -0.05) is 17.7 Å². The third-order valence-corrected chi connectivity index (χ3v) is 5.46. The third-order valence-electron chi connectivity index (χ3n) is 3.40. The second-order valence-corrected chi connectivity index (χ2v) is 6.80. The van der Waals surface area contributed by atoms with E-state index in [1.807, 2.05) is 6.92 Å². The second-order valence-electron chi connectivity index (χ2n) is 4.94. The van der Waals surface area contributed by atoms with Gasteiger partial charge in [-0.05, 0) is 25.5 Å². The lowest BCUT2D eigenvalue weighted by molar-refractivity contribution is -0.141. The summed E-state index contributed by atoms with van der Waals surface area (Å²) in [5.41, 5.74) is 1.60. The number of nitrogens with one attached hydrogen (secondary N) is 1. The first-order valence-corrected chi connectivity index (χ1v) is 7.80. The van der Waals surface area contributed by atoms with Gasteiger partial charge in [0.25, 0.3) is 0 Å². The van der Waals surface area contributed by atoms with Gasteiger partial charge in [0.2, 0.25) is 10.0 Å². The van der Waals surface area contributed by atoms with E-state index in [0.29, 0.717) is 12.1 Å². The number of nitrogens with zero attached hydrogens (tertiary/aromatic N) is 1. The molecule has 1 heterocycles. The van der Waals surface area contributed by atoms with Crippen LogP contribution in [0.3, 0.4) is 0 Å². The maximum Gasteiger partial charge on any atom is 0.323 e. The zero-order valence-corrected chi connectivity index (χ0v) is 12.3. The first kappa shape index (κ1) is 15.0. The molecule has 0 saturated carbocycles. The van der Waals surface area contributed by atoms with Gasteiger partial charge in [0, 0.05) is 19.6 Å². The van der Waals surface area contributed by atoms with E-state index < -0.39 is 22.0 Å². The van der Waals surface area contributed by atoms with Crippen molar-refractivity contribution in [2.75, 3.05) is 19.6 Å². The van der Waals surface area contributed by atoms with Gasteiger partial charge in [0.05, 0.1) is 4.90 Å². The highest BCUT2D eigenvalue weighted by Gasteiger charge is 2.38. The Morgan fingerprint density at radius 1 is 1.40 bits per heavy atom. The summed E-state index contributed by atoms with van der Waals surface area (Å²) in [7, 11) is -3.79. The summed E-state index contributed by atoms with van der Waals surface area (Å²) in [4.78, 5) is 11.4. The molecule has 1 atom stereocenters. The molecular formula is C13H18N2O4S. The number of carbonyl (C=O) groups is 1. The zero-order chi connectivity index (χ0) is 14.9. The van der Waals surface area contributed by atoms with Crippen LogP contribution in [0.2, 0.25) is 0 Å². The Morgan fingerprint density at radius 3 is 2.70 bits per heavy atom. The first-order chi connectivity index (χ1) is 9.34. The van der Waals surface area contributed by atoms with Gasteiger partial charge in [-0.3, -0.25) is 4.79 Å². The van der Waals surface area contributed by atoms with Crippen LogP contribution in [-0.4, -0.2) is 49.5 Å². The lowest BCUT2D eigenvalue weighted by Crippen LogP contribution is -2.56. The van der Waals surface area contributed by atoms with Gasteiger partial charge >= 0.3 is 5.97 Å². The SMILES string of the molecule is Cc1ccc(S(=O)(=O)N2CCNCC2C(=O)O)c(C)c1. The molecule has 20 heavy (non-hydrogen) atoms. The summed E-state index contributed by atoms with van der Waals surface area (Å²) >= 11 is 0. The van der Waals surface area contributed by atoms with Crippen molar-refractivity contribution in [2.45, 2.75) is 24.8 Å². The standard InChI is InChI=1S/C13H18N2O4S/c1-9-3-4-12(10(2)7-9)20(18,19)15-6-5-14-8-11(15)13(16)17/h3-4,7,11,14H,5-6,8H2,1-2H3,(H,16,17). The minimum absolute atomic E-state index is 0.124. The quantitative estimate of drug-likeness (QED) is 0.841. The molecule has 1 saturated heterocycles. The Bertz CT molecular complexity index is 627. The predicted octanol–water partition coefficient (Wildman–Crippen LogP) is 0.351. The monoisotopic (exact) mass is 298 g/mol. The molecule has 6 nitrogen and oxygen atoms in total. The van der Waals surface area contributed by atoms with Crippen molar-refractivity contribution in [1.29, 1.82) is 0 Å². The maximum atomic E-state index is 12.7. The van der Waals surface area contributed by atoms with Crippen molar-refractivity contribution >= 4 is 16.0 Å². The van der Waals surface area contributed by atoms with Crippen LogP contribution < -0.4 is 5.32 Å². The summed E-state index contributed by atoms with van der Waals surface area (Å²) in [5.74, 6) is -1.13. The molecule has 0 radical (unpaired) electrons. The van der Waals surface area contributed by atoms with Crippen LogP contribution in [0.1, 0.15) is 11.1 Å². The van der Waals surface area contributed by atoms with Crippen molar-refractivity contribution in [2.24, 2.45) is 0 Å². The molecule has 1 aromatic carbocycles. The molecule has 2 rings (SSSR count). The van der Waals surface area contributed by atoms with Crippen molar-refractivity contribution in [3.05, 3.63) is 29.3 Å². The number of carboxylic acids is 1. The molecule has 1 aliphatic rings. The average molecular weight is 298 g/mol. The van der Waals surface area contributed by atoms with Gasteiger partial charge in [-0.15, -0.1) is 0 Å². The Hall–Kier alpha value is -1.44. The fraction of sp³-hybridized carbons (Fsp3) is 0.462. The van der Waals surface area contributed by atoms with Crippen LogP contribution in [0.4, 0.5) is 0 Å². The number of hydrogen-bond donors (Lipinski definition) is 2. The smallest absolute Gasteiger partial charge is 0.323 e. The highest BCUT2D eigenvalue weighted by atomic mass is 32.2. The number of piperazine rings is 1. The molecule has 0 amide bonds. The molecule has 1 aromatic rings. The molecule has 0 bridgehead atoms. The van der Waals surface area contributed by atoms with Crippen LogP contribution in [0, 0.1) is 13.8 Å². The second kappa shape index (κ2) is 5.51. The third kappa shape index (κ3) is 2.70. The number of aliphatic carboxylic acids is 1. The van der Waals surface area contributed by atoms with Crippen molar-refractivity contribution in [3.8, 4) is 0 Å². The highest BCUT2D eigenvalue weighted by molar-refractivity contribution is 7.89. The van der Waals surface area contributed by atoms with Gasteiger partial charge in [0.1, 0.15) is 6.04 Å². The molecule has 1 unspecified atom stereocenters. The van der Waals surface area contributed by atoms with Crippen LogP contribution in [-0.2, 0) is 14.8 Å². The first-order valence-electron chi connectivity index (χ1n) is 6.36. The molecule has 0 spiro atoms. The van der Waals surface area contributed by atoms with E-state index >= 15 is 0 Å². The molecule has 1 aliphatic heterocycles. The van der Waals surface area contributed by atoms with Crippen LogP contribution in [0.15, 0.2) is 23.1 Å². The van der Waals surface area contributed by atoms with E-state index in [4.69, 9.17) is 0 Å². The van der Waals surface area contributed by atoms with Crippen LogP contribution >= 0.6 is 0 Å². The number of rotatable bonds is 3. The Kier molecular flexibility index (Phi) is 4.12. The maximum absolute atomic E-state index is 12.7. The Morgan fingerprint density at radius 2 is 2.10 bits per heavy atom. The summed E-state index contributed by atoms with van der Waals surface area (Å²) < 4.78 is 26.4. The Balaban J connectivity index is 2.45. The number of benzene rings is 1. The number of carboxylic acid groups (broad SMARTS) is 1. The van der Waals surface area contributed by atoms with Crippen molar-refractivity contribution in [1.82, 2.24) is 9.62 Å². The van der Waals surface area contributed by atoms with Gasteiger partial charge < -0.3 is 10.4 Å². The fourth-order valence-corrected chi connectivity index (χ4v) is 4.19. The zero-order valence-electron chi connectivity index (χ0n) is 11.5. The van der Waals surface area contributed by atoms with Gasteiger partial charge in [-0.25, -0.2) is 8.42 Å². The fourth-order valence-electron chi connectivity index (χ4n) is 2.40. The summed E-state index contributed by atoms with van der Waals surface area (Å²) in [5, 5.41) is 12.1. The minimum atomic E-state index is -3.79. The average Bonchev–Trinajstić information content (AvgIpc) is 2.38. The molecule has 7 heteroatoms. The molecular weight excluding hydrogens is 280 g/mol. The normalized spacial score (nSPS) is 20.8. The lowest BCUT2D eigenvalue weighted by atomic mass is 10.2. The number of sulfonamides is 1. The van der Waals surface area contributed by atoms with E-state index in [9.17, 15) is 18.3 Å². The topological polar surface area (TPSA) is 86.7 Å². The summed E-state index contributed by atoms with van der Waals surface area (Å²) in [6.45, 7) is 4.34. The molecule has 1 fully saturated rings. The minimum Gasteiger partial charge on any atom is -0.480 e. The molecule has 0 aromatic heterocycles. The van der Waals surface area contributed by atoms with Crippen LogP contribution in [0.25, 0.3) is 0 Å². The van der Waals surface area contributed by atoms with Crippen LogP contribution in [0.5, 0.6) is 0 Å². The molecule has 2 N–H and O–H groups in total. The van der Waals surface area contributed by atoms with E-state index in [2.05, 4.69) is 5.32 Å². The van der Waals surface area contributed by atoms with E-state index in [1.54, 1.807) is 25.1 Å². The molecule has 110 valence electrons.